The molecule has 0 bridgehead atoms. The van der Waals surface area contributed by atoms with E-state index >= 15 is 0 Å². The minimum Gasteiger partial charge on any atom is -0.480 e. The lowest BCUT2D eigenvalue weighted by atomic mass is 10.1. The molecule has 1 unspecified atom stereocenters. The first-order valence-corrected chi connectivity index (χ1v) is 7.07. The summed E-state index contributed by atoms with van der Waals surface area (Å²) in [5.74, 6) is -2.38. The van der Waals surface area contributed by atoms with Crippen molar-refractivity contribution >= 4 is 23.3 Å². The Hall–Kier alpha value is -2.71. The lowest BCUT2D eigenvalue weighted by Crippen LogP contribution is -2.42. The zero-order valence-corrected chi connectivity index (χ0v) is 12.2. The Balaban J connectivity index is 2.26. The highest BCUT2D eigenvalue weighted by Crippen LogP contribution is 2.31. The summed E-state index contributed by atoms with van der Waals surface area (Å²) in [6.45, 7) is 0.139. The van der Waals surface area contributed by atoms with Gasteiger partial charge in [-0.1, -0.05) is 0 Å². The molecule has 0 aromatic heterocycles. The number of carbonyl (C=O) groups excluding carboxylic acids is 1. The van der Waals surface area contributed by atoms with E-state index in [-0.39, 0.29) is 11.3 Å². The van der Waals surface area contributed by atoms with Gasteiger partial charge in [0.05, 0.1) is 4.92 Å². The Morgan fingerprint density at radius 1 is 1.39 bits per heavy atom. The van der Waals surface area contributed by atoms with Crippen molar-refractivity contribution in [1.29, 1.82) is 0 Å². The molecule has 124 valence electrons. The molecule has 1 aliphatic heterocycles. The molecule has 23 heavy (non-hydrogen) atoms. The number of nitrogens with zero attached hydrogens (tertiary/aromatic N) is 2. The molecule has 1 saturated heterocycles. The monoisotopic (exact) mass is 325 g/mol. The minimum atomic E-state index is -1.68. The smallest absolute Gasteiger partial charge is 0.328 e. The lowest BCUT2D eigenvalue weighted by Gasteiger charge is -2.18. The molecule has 1 heterocycles. The van der Waals surface area contributed by atoms with Crippen molar-refractivity contribution in [3.05, 3.63) is 33.9 Å². The first-order chi connectivity index (χ1) is 10.9. The van der Waals surface area contributed by atoms with Crippen LogP contribution in [0.2, 0.25) is 0 Å². The van der Waals surface area contributed by atoms with Gasteiger partial charge in [0.25, 0.3) is 11.6 Å². The minimum absolute atomic E-state index is 0.0839. The predicted molar refractivity (Wildman–Crippen MR) is 79.4 cm³/mol. The third-order valence-corrected chi connectivity index (χ3v) is 3.64. The van der Waals surface area contributed by atoms with Crippen molar-refractivity contribution in [3.63, 3.8) is 0 Å². The van der Waals surface area contributed by atoms with E-state index in [1.165, 1.54) is 12.1 Å². The van der Waals surface area contributed by atoms with Crippen LogP contribution < -0.4 is 10.2 Å². The zero-order chi connectivity index (χ0) is 17.0. The normalized spacial score (nSPS) is 15.3. The van der Waals surface area contributed by atoms with E-state index in [0.717, 1.165) is 18.9 Å². The number of hydrogen-bond donors (Lipinski definition) is 2. The molecular weight excluding hydrogens is 309 g/mol. The van der Waals surface area contributed by atoms with Crippen molar-refractivity contribution in [3.8, 4) is 0 Å². The number of benzene rings is 1. The number of halogens is 1. The summed E-state index contributed by atoms with van der Waals surface area (Å²) >= 11 is 0. The molecule has 0 aliphatic carbocycles. The van der Waals surface area contributed by atoms with E-state index in [4.69, 9.17) is 5.11 Å². The third-order valence-electron chi connectivity index (χ3n) is 3.64. The van der Waals surface area contributed by atoms with Crippen LogP contribution >= 0.6 is 0 Å². The number of nitro benzene ring substituents is 1. The molecule has 1 fully saturated rings. The van der Waals surface area contributed by atoms with Gasteiger partial charge in [-0.05, 0) is 25.0 Å². The summed E-state index contributed by atoms with van der Waals surface area (Å²) in [6.07, 6.45) is 1.88. The van der Waals surface area contributed by atoms with E-state index in [9.17, 15) is 24.1 Å². The van der Waals surface area contributed by atoms with Crippen molar-refractivity contribution in [2.75, 3.05) is 24.7 Å². The quantitative estimate of drug-likeness (QED) is 0.603. The lowest BCUT2D eigenvalue weighted by molar-refractivity contribution is -0.384. The number of carboxylic acid groups (broad SMARTS) is 1. The Bertz CT molecular complexity index is 631. The van der Waals surface area contributed by atoms with E-state index in [1.54, 1.807) is 0 Å². The Labute approximate surface area is 131 Å². The van der Waals surface area contributed by atoms with Crippen LogP contribution in [0.15, 0.2) is 18.2 Å². The number of nitro groups is 1. The van der Waals surface area contributed by atoms with Gasteiger partial charge in [0.15, 0.2) is 6.04 Å². The van der Waals surface area contributed by atoms with Gasteiger partial charge in [-0.15, -0.1) is 0 Å². The summed E-state index contributed by atoms with van der Waals surface area (Å²) in [7, 11) is 0. The van der Waals surface area contributed by atoms with Gasteiger partial charge < -0.3 is 15.3 Å². The zero-order valence-electron chi connectivity index (χ0n) is 12.2. The molecule has 1 aromatic rings. The van der Waals surface area contributed by atoms with Crippen LogP contribution in [0.3, 0.4) is 0 Å². The molecule has 1 aromatic carbocycles. The molecule has 2 rings (SSSR count). The number of alkyl halides is 1. The van der Waals surface area contributed by atoms with Crippen molar-refractivity contribution in [2.45, 2.75) is 18.9 Å². The number of rotatable bonds is 6. The number of anilines is 1. The predicted octanol–water partition coefficient (Wildman–Crippen LogP) is 1.35. The van der Waals surface area contributed by atoms with Gasteiger partial charge in [-0.2, -0.15) is 0 Å². The van der Waals surface area contributed by atoms with Crippen LogP contribution in [-0.2, 0) is 4.79 Å². The summed E-state index contributed by atoms with van der Waals surface area (Å²) in [5, 5.41) is 22.0. The largest absolute Gasteiger partial charge is 0.480 e. The van der Waals surface area contributed by atoms with Gasteiger partial charge in [-0.25, -0.2) is 9.18 Å². The second-order valence-corrected chi connectivity index (χ2v) is 5.17. The van der Waals surface area contributed by atoms with E-state index < -0.39 is 29.5 Å². The van der Waals surface area contributed by atoms with Crippen molar-refractivity contribution in [1.82, 2.24) is 5.32 Å². The van der Waals surface area contributed by atoms with E-state index in [0.29, 0.717) is 18.8 Å². The topological polar surface area (TPSA) is 113 Å². The Morgan fingerprint density at radius 3 is 2.57 bits per heavy atom. The average Bonchev–Trinajstić information content (AvgIpc) is 3.05. The highest BCUT2D eigenvalue weighted by atomic mass is 19.1. The van der Waals surface area contributed by atoms with Gasteiger partial charge >= 0.3 is 5.97 Å². The second kappa shape index (κ2) is 7.03. The van der Waals surface area contributed by atoms with Crippen LogP contribution in [0.5, 0.6) is 0 Å². The molecule has 0 spiro atoms. The maximum atomic E-state index is 12.5. The highest BCUT2D eigenvalue weighted by Gasteiger charge is 2.25. The average molecular weight is 325 g/mol. The SMILES string of the molecule is O=C(NC(CF)C(=O)O)c1ccc(N2CCCC2)c([N+](=O)[O-])c1. The molecule has 1 atom stereocenters. The van der Waals surface area contributed by atoms with Gasteiger partial charge in [0.2, 0.25) is 0 Å². The molecule has 0 saturated carbocycles. The first kappa shape index (κ1) is 16.7. The first-order valence-electron chi connectivity index (χ1n) is 7.07. The van der Waals surface area contributed by atoms with Crippen molar-refractivity contribution < 1.29 is 24.0 Å². The molecule has 8 nitrogen and oxygen atoms in total. The Morgan fingerprint density at radius 2 is 2.04 bits per heavy atom. The fraction of sp³-hybridized carbons (Fsp3) is 0.429. The highest BCUT2D eigenvalue weighted by molar-refractivity contribution is 5.97. The second-order valence-electron chi connectivity index (χ2n) is 5.17. The third kappa shape index (κ3) is 3.74. The van der Waals surface area contributed by atoms with Crippen LogP contribution in [0, 0.1) is 10.1 Å². The molecule has 2 N–H and O–H groups in total. The molecule has 9 heteroatoms. The number of carboxylic acids is 1. The number of carbonyl (C=O) groups is 2. The number of nitrogens with one attached hydrogen (secondary N) is 1. The number of hydrogen-bond acceptors (Lipinski definition) is 5. The maximum Gasteiger partial charge on any atom is 0.328 e. The van der Waals surface area contributed by atoms with E-state index in [2.05, 4.69) is 0 Å². The summed E-state index contributed by atoms with van der Waals surface area (Å²) in [4.78, 5) is 35.2. The van der Waals surface area contributed by atoms with Gasteiger partial charge in [0.1, 0.15) is 12.4 Å². The number of amides is 1. The van der Waals surface area contributed by atoms with E-state index in [1.807, 2.05) is 10.2 Å². The van der Waals surface area contributed by atoms with Crippen molar-refractivity contribution in [2.24, 2.45) is 0 Å². The standard InChI is InChI=1S/C14H16FN3O5/c15-8-10(14(20)21)16-13(19)9-3-4-11(12(7-9)18(22)23)17-5-1-2-6-17/h3-4,7,10H,1-2,5-6,8H2,(H,16,19)(H,20,21). The molecule has 1 amide bonds. The Kier molecular flexibility index (Phi) is 5.09. The number of aliphatic carboxylic acids is 1. The van der Waals surface area contributed by atoms with Gasteiger partial charge in [0, 0.05) is 24.7 Å². The van der Waals surface area contributed by atoms with Crippen LogP contribution in [0.25, 0.3) is 0 Å². The maximum absolute atomic E-state index is 12.5. The molecule has 0 radical (unpaired) electrons. The fourth-order valence-corrected chi connectivity index (χ4v) is 2.44. The van der Waals surface area contributed by atoms with Crippen LogP contribution in [0.1, 0.15) is 23.2 Å². The summed E-state index contributed by atoms with van der Waals surface area (Å²) in [5.41, 5.74) is 0.107. The summed E-state index contributed by atoms with van der Waals surface area (Å²) < 4.78 is 12.5. The van der Waals surface area contributed by atoms with Crippen LogP contribution in [0.4, 0.5) is 15.8 Å². The summed E-state index contributed by atoms with van der Waals surface area (Å²) in [6, 6.07) is 2.23. The molecule has 1 aliphatic rings. The van der Waals surface area contributed by atoms with Crippen LogP contribution in [-0.4, -0.2) is 47.7 Å². The van der Waals surface area contributed by atoms with Gasteiger partial charge in [-0.3, -0.25) is 14.9 Å². The molecular formula is C14H16FN3O5. The fourth-order valence-electron chi connectivity index (χ4n) is 2.44.